The van der Waals surface area contributed by atoms with Crippen molar-refractivity contribution in [3.8, 4) is 11.1 Å². The van der Waals surface area contributed by atoms with Gasteiger partial charge in [-0.2, -0.15) is 0 Å². The molecule has 1 aliphatic heterocycles. The van der Waals surface area contributed by atoms with Gasteiger partial charge in [-0.1, -0.05) is 42.5 Å². The van der Waals surface area contributed by atoms with Gasteiger partial charge in [-0.15, -0.1) is 0 Å². The van der Waals surface area contributed by atoms with Crippen LogP contribution in [0.3, 0.4) is 0 Å². The number of cyclic esters (lactones) is 1. The standard InChI is InChI=1S/C29H28FN3O3/c1-19(34)31-17-24-18-33(29(35)36-24)23-13-14-25(27(30)15-23)21-11-9-20(10-12-21)5-4-6-22-16-32-28-8-3-2-7-26(22)28/h2-3,7-16,24,32H,4-6,17-18H2,1H3,(H,31,34)/t24-/m0/s1. The third kappa shape index (κ3) is 5.10. The lowest BCUT2D eigenvalue weighted by Gasteiger charge is -2.15. The van der Waals surface area contributed by atoms with Crippen molar-refractivity contribution < 1.29 is 18.7 Å². The Morgan fingerprint density at radius 3 is 2.69 bits per heavy atom. The summed E-state index contributed by atoms with van der Waals surface area (Å²) in [5.41, 5.74) is 5.39. The van der Waals surface area contributed by atoms with Gasteiger partial charge in [-0.05, 0) is 60.2 Å². The van der Waals surface area contributed by atoms with Crippen molar-refractivity contribution in [2.24, 2.45) is 0 Å². The van der Waals surface area contributed by atoms with Crippen LogP contribution in [0.25, 0.3) is 22.0 Å². The molecule has 1 saturated heterocycles. The van der Waals surface area contributed by atoms with Gasteiger partial charge in [-0.3, -0.25) is 9.69 Å². The Kier molecular flexibility index (Phi) is 6.71. The molecule has 1 aliphatic rings. The van der Waals surface area contributed by atoms with Crippen molar-refractivity contribution in [3.05, 3.63) is 89.9 Å². The van der Waals surface area contributed by atoms with Gasteiger partial charge in [0, 0.05) is 29.6 Å². The highest BCUT2D eigenvalue weighted by Crippen LogP contribution is 2.29. The molecule has 184 valence electrons. The molecule has 4 aromatic rings. The summed E-state index contributed by atoms with van der Waals surface area (Å²) < 4.78 is 20.3. The first-order chi connectivity index (χ1) is 17.5. The molecule has 0 unspecified atom stereocenters. The average Bonchev–Trinajstić information content (AvgIpc) is 3.46. The van der Waals surface area contributed by atoms with E-state index >= 15 is 4.39 Å². The lowest BCUT2D eigenvalue weighted by atomic mass is 9.99. The minimum absolute atomic E-state index is 0.194. The zero-order chi connectivity index (χ0) is 25.1. The third-order valence-electron chi connectivity index (χ3n) is 6.57. The van der Waals surface area contributed by atoms with Crippen LogP contribution >= 0.6 is 0 Å². The first kappa shape index (κ1) is 23.6. The molecule has 1 atom stereocenters. The van der Waals surface area contributed by atoms with Crippen LogP contribution in [0, 0.1) is 5.82 Å². The van der Waals surface area contributed by atoms with E-state index in [0.29, 0.717) is 11.3 Å². The van der Waals surface area contributed by atoms with Crippen molar-refractivity contribution in [1.29, 1.82) is 0 Å². The van der Waals surface area contributed by atoms with Crippen molar-refractivity contribution in [2.45, 2.75) is 32.3 Å². The number of halogens is 1. The molecule has 0 radical (unpaired) electrons. The molecule has 1 aromatic heterocycles. The molecule has 2 N–H and O–H groups in total. The third-order valence-corrected chi connectivity index (χ3v) is 6.57. The number of aromatic amines is 1. The van der Waals surface area contributed by atoms with Gasteiger partial charge < -0.3 is 15.0 Å². The number of carbonyl (C=O) groups excluding carboxylic acids is 2. The van der Waals surface area contributed by atoms with Crippen molar-refractivity contribution in [1.82, 2.24) is 10.3 Å². The average molecular weight is 486 g/mol. The van der Waals surface area contributed by atoms with Gasteiger partial charge in [-0.25, -0.2) is 9.18 Å². The zero-order valence-corrected chi connectivity index (χ0v) is 20.1. The summed E-state index contributed by atoms with van der Waals surface area (Å²) in [5.74, 6) is -0.599. The Labute approximate surface area is 209 Å². The molecular formula is C29H28FN3O3. The number of anilines is 1. The number of aryl methyl sites for hydroxylation is 2. The fourth-order valence-electron chi connectivity index (χ4n) is 4.67. The number of H-pyrrole nitrogens is 1. The van der Waals surface area contributed by atoms with Gasteiger partial charge in [0.15, 0.2) is 0 Å². The zero-order valence-electron chi connectivity index (χ0n) is 20.1. The van der Waals surface area contributed by atoms with E-state index in [4.69, 9.17) is 4.74 Å². The summed E-state index contributed by atoms with van der Waals surface area (Å²) in [6.45, 7) is 1.89. The van der Waals surface area contributed by atoms with Crippen molar-refractivity contribution in [3.63, 3.8) is 0 Å². The van der Waals surface area contributed by atoms with E-state index in [1.807, 2.05) is 30.3 Å². The Balaban J connectivity index is 1.20. The number of nitrogens with zero attached hydrogens (tertiary/aromatic N) is 1. The highest BCUT2D eigenvalue weighted by atomic mass is 19.1. The molecule has 7 heteroatoms. The molecule has 2 amide bonds. The number of hydrogen-bond acceptors (Lipinski definition) is 3. The monoisotopic (exact) mass is 485 g/mol. The number of ether oxygens (including phenoxy) is 1. The van der Waals surface area contributed by atoms with Crippen LogP contribution in [0.1, 0.15) is 24.5 Å². The van der Waals surface area contributed by atoms with E-state index < -0.39 is 18.0 Å². The smallest absolute Gasteiger partial charge is 0.414 e. The predicted octanol–water partition coefficient (Wildman–Crippen LogP) is 5.61. The van der Waals surface area contributed by atoms with Crippen LogP contribution in [0.5, 0.6) is 0 Å². The molecule has 36 heavy (non-hydrogen) atoms. The van der Waals surface area contributed by atoms with Gasteiger partial charge in [0.25, 0.3) is 0 Å². The molecule has 0 saturated carbocycles. The van der Waals surface area contributed by atoms with Crippen molar-refractivity contribution in [2.75, 3.05) is 18.0 Å². The number of carbonyl (C=O) groups is 2. The Bertz CT molecular complexity index is 1400. The molecular weight excluding hydrogens is 457 g/mol. The van der Waals surface area contributed by atoms with E-state index in [0.717, 1.165) is 30.3 Å². The first-order valence-corrected chi connectivity index (χ1v) is 12.1. The number of fused-ring (bicyclic) bond motifs is 1. The minimum Gasteiger partial charge on any atom is -0.442 e. The first-order valence-electron chi connectivity index (χ1n) is 12.1. The summed E-state index contributed by atoms with van der Waals surface area (Å²) in [6, 6.07) is 21.0. The lowest BCUT2D eigenvalue weighted by molar-refractivity contribution is -0.119. The number of benzene rings is 3. The van der Waals surface area contributed by atoms with Crippen LogP contribution in [-0.2, 0) is 22.4 Å². The number of hydrogen-bond donors (Lipinski definition) is 2. The summed E-state index contributed by atoms with van der Waals surface area (Å²) in [6.07, 6.45) is 4.04. The summed E-state index contributed by atoms with van der Waals surface area (Å²) >= 11 is 0. The highest BCUT2D eigenvalue weighted by Gasteiger charge is 2.32. The van der Waals surface area contributed by atoms with Gasteiger partial charge in [0.1, 0.15) is 11.9 Å². The minimum atomic E-state index is -0.547. The number of rotatable bonds is 8. The molecule has 1 fully saturated rings. The molecule has 0 aliphatic carbocycles. The maximum atomic E-state index is 15.0. The Morgan fingerprint density at radius 2 is 1.92 bits per heavy atom. The van der Waals surface area contributed by atoms with Crippen molar-refractivity contribution >= 4 is 28.6 Å². The lowest BCUT2D eigenvalue weighted by Crippen LogP contribution is -2.33. The van der Waals surface area contributed by atoms with E-state index in [9.17, 15) is 9.59 Å². The SMILES string of the molecule is CC(=O)NC[C@H]1CN(c2ccc(-c3ccc(CCCc4c[nH]c5ccccc45)cc3)c(F)c2)C(=O)O1. The fraction of sp³-hybridized carbons (Fsp3) is 0.241. The summed E-state index contributed by atoms with van der Waals surface area (Å²) in [5, 5.41) is 3.91. The van der Waals surface area contributed by atoms with E-state index in [2.05, 4.69) is 34.7 Å². The molecule has 0 bridgehead atoms. The largest absolute Gasteiger partial charge is 0.442 e. The predicted molar refractivity (Wildman–Crippen MR) is 138 cm³/mol. The Hall–Kier alpha value is -4.13. The molecule has 6 nitrogen and oxygen atoms in total. The fourth-order valence-corrected chi connectivity index (χ4v) is 4.67. The van der Waals surface area contributed by atoms with E-state index in [1.165, 1.54) is 34.4 Å². The normalized spacial score (nSPS) is 15.3. The van der Waals surface area contributed by atoms with Crippen LogP contribution < -0.4 is 10.2 Å². The van der Waals surface area contributed by atoms with Crippen LogP contribution in [-0.4, -0.2) is 36.2 Å². The van der Waals surface area contributed by atoms with Crippen LogP contribution in [0.2, 0.25) is 0 Å². The van der Waals surface area contributed by atoms with Gasteiger partial charge in [0.2, 0.25) is 5.91 Å². The second-order valence-electron chi connectivity index (χ2n) is 9.13. The van der Waals surface area contributed by atoms with E-state index in [1.54, 1.807) is 12.1 Å². The number of amides is 2. The molecule has 2 heterocycles. The van der Waals surface area contributed by atoms with Gasteiger partial charge in [0.05, 0.1) is 18.8 Å². The molecule has 3 aromatic carbocycles. The number of nitrogens with one attached hydrogen (secondary N) is 2. The quantitative estimate of drug-likeness (QED) is 0.341. The maximum Gasteiger partial charge on any atom is 0.414 e. The summed E-state index contributed by atoms with van der Waals surface area (Å²) in [7, 11) is 0. The maximum absolute atomic E-state index is 15.0. The molecule has 0 spiro atoms. The number of para-hydroxylation sites is 1. The second kappa shape index (κ2) is 10.2. The highest BCUT2D eigenvalue weighted by molar-refractivity contribution is 5.90. The van der Waals surface area contributed by atoms with Gasteiger partial charge >= 0.3 is 6.09 Å². The second-order valence-corrected chi connectivity index (χ2v) is 9.13. The molecule has 5 rings (SSSR count). The van der Waals surface area contributed by atoms with Crippen LogP contribution in [0.15, 0.2) is 72.9 Å². The van der Waals surface area contributed by atoms with Crippen LogP contribution in [0.4, 0.5) is 14.9 Å². The Morgan fingerprint density at radius 1 is 1.11 bits per heavy atom. The topological polar surface area (TPSA) is 74.4 Å². The van der Waals surface area contributed by atoms with E-state index in [-0.39, 0.29) is 19.0 Å². The summed E-state index contributed by atoms with van der Waals surface area (Å²) in [4.78, 5) is 28.0. The number of aromatic nitrogens is 1.